The van der Waals surface area contributed by atoms with Gasteiger partial charge in [-0.15, -0.1) is 0 Å². The van der Waals surface area contributed by atoms with Crippen molar-refractivity contribution in [2.24, 2.45) is 0 Å². The standard InChI is InChI=1S/C11H13NOS/c1-12-8-7-11(14)9-3-5-10(13-2)6-4-9/h3-8,12H,1-2H3/b8-7+. The molecule has 0 amide bonds. The Bertz CT molecular complexity index is 330. The predicted molar refractivity (Wildman–Crippen MR) is 62.9 cm³/mol. The zero-order chi connectivity index (χ0) is 10.4. The molecule has 3 heteroatoms. The monoisotopic (exact) mass is 207 g/mol. The number of methoxy groups -OCH3 is 1. The minimum Gasteiger partial charge on any atom is -0.497 e. The van der Waals surface area contributed by atoms with E-state index < -0.39 is 0 Å². The van der Waals surface area contributed by atoms with E-state index in [4.69, 9.17) is 17.0 Å². The van der Waals surface area contributed by atoms with E-state index in [2.05, 4.69) is 5.32 Å². The molecule has 1 rings (SSSR count). The molecule has 0 saturated carbocycles. The molecule has 0 radical (unpaired) electrons. The minimum atomic E-state index is 0.807. The van der Waals surface area contributed by atoms with Crippen LogP contribution in [0.25, 0.3) is 0 Å². The molecule has 2 nitrogen and oxygen atoms in total. The van der Waals surface area contributed by atoms with Crippen molar-refractivity contribution in [3.8, 4) is 5.75 Å². The Hall–Kier alpha value is -1.35. The first-order valence-electron chi connectivity index (χ1n) is 4.30. The Balaban J connectivity index is 2.76. The first-order valence-corrected chi connectivity index (χ1v) is 4.71. The molecule has 0 saturated heterocycles. The van der Waals surface area contributed by atoms with Gasteiger partial charge in [-0.05, 0) is 42.1 Å². The highest BCUT2D eigenvalue weighted by Gasteiger charge is 1.96. The molecule has 0 aromatic heterocycles. The average Bonchev–Trinajstić information content (AvgIpc) is 2.26. The van der Waals surface area contributed by atoms with E-state index in [1.54, 1.807) is 7.11 Å². The summed E-state index contributed by atoms with van der Waals surface area (Å²) in [7, 11) is 3.49. The van der Waals surface area contributed by atoms with Crippen LogP contribution in [0.3, 0.4) is 0 Å². The predicted octanol–water partition coefficient (Wildman–Crippen LogP) is 2.15. The second-order valence-electron chi connectivity index (χ2n) is 2.71. The van der Waals surface area contributed by atoms with Crippen LogP contribution in [0, 0.1) is 0 Å². The zero-order valence-electron chi connectivity index (χ0n) is 8.28. The number of hydrogen-bond donors (Lipinski definition) is 1. The molecule has 0 bridgehead atoms. The summed E-state index contributed by atoms with van der Waals surface area (Å²) >= 11 is 5.20. The van der Waals surface area contributed by atoms with Crippen LogP contribution < -0.4 is 10.1 Å². The summed E-state index contributed by atoms with van der Waals surface area (Å²) in [6, 6.07) is 7.69. The van der Waals surface area contributed by atoms with Gasteiger partial charge in [0.2, 0.25) is 0 Å². The molecule has 0 heterocycles. The third-order valence-electron chi connectivity index (χ3n) is 1.78. The van der Waals surface area contributed by atoms with Crippen molar-refractivity contribution in [1.82, 2.24) is 5.32 Å². The number of ether oxygens (including phenoxy) is 1. The van der Waals surface area contributed by atoms with E-state index in [9.17, 15) is 0 Å². The lowest BCUT2D eigenvalue weighted by molar-refractivity contribution is 0.415. The largest absolute Gasteiger partial charge is 0.497 e. The normalized spacial score (nSPS) is 10.1. The molecule has 0 unspecified atom stereocenters. The maximum Gasteiger partial charge on any atom is 0.118 e. The highest BCUT2D eigenvalue weighted by atomic mass is 32.1. The van der Waals surface area contributed by atoms with Gasteiger partial charge >= 0.3 is 0 Å². The van der Waals surface area contributed by atoms with Crippen molar-refractivity contribution in [2.45, 2.75) is 0 Å². The summed E-state index contributed by atoms with van der Waals surface area (Å²) in [5.41, 5.74) is 1.02. The van der Waals surface area contributed by atoms with Crippen molar-refractivity contribution >= 4 is 17.1 Å². The lowest BCUT2D eigenvalue weighted by Gasteiger charge is -2.01. The molecular formula is C11H13NOS. The fraction of sp³-hybridized carbons (Fsp3) is 0.182. The van der Waals surface area contributed by atoms with E-state index in [0.717, 1.165) is 16.2 Å². The molecule has 0 atom stereocenters. The van der Waals surface area contributed by atoms with Crippen molar-refractivity contribution in [3.63, 3.8) is 0 Å². The third-order valence-corrected chi connectivity index (χ3v) is 2.15. The van der Waals surface area contributed by atoms with Crippen LogP contribution in [0.2, 0.25) is 0 Å². The van der Waals surface area contributed by atoms with Gasteiger partial charge < -0.3 is 10.1 Å². The van der Waals surface area contributed by atoms with Gasteiger partial charge in [0.05, 0.1) is 7.11 Å². The number of nitrogens with one attached hydrogen (secondary N) is 1. The van der Waals surface area contributed by atoms with Crippen LogP contribution in [-0.2, 0) is 0 Å². The minimum absolute atomic E-state index is 0.807. The summed E-state index contributed by atoms with van der Waals surface area (Å²) in [5.74, 6) is 0.842. The van der Waals surface area contributed by atoms with Gasteiger partial charge in [-0.25, -0.2) is 0 Å². The zero-order valence-corrected chi connectivity index (χ0v) is 9.10. The van der Waals surface area contributed by atoms with Crippen LogP contribution in [0.1, 0.15) is 5.56 Å². The summed E-state index contributed by atoms with van der Waals surface area (Å²) in [4.78, 5) is 0.807. The molecule has 0 aliphatic carbocycles. The Morgan fingerprint density at radius 1 is 1.36 bits per heavy atom. The average molecular weight is 207 g/mol. The maximum atomic E-state index is 5.20. The molecule has 0 aliphatic rings. The van der Waals surface area contributed by atoms with E-state index in [1.165, 1.54) is 0 Å². The van der Waals surface area contributed by atoms with Crippen LogP contribution in [0.4, 0.5) is 0 Å². The number of rotatable bonds is 4. The molecule has 1 N–H and O–H groups in total. The van der Waals surface area contributed by atoms with Crippen LogP contribution in [0.5, 0.6) is 5.75 Å². The Morgan fingerprint density at radius 3 is 2.50 bits per heavy atom. The first-order chi connectivity index (χ1) is 6.77. The summed E-state index contributed by atoms with van der Waals surface area (Å²) in [6.45, 7) is 0. The maximum absolute atomic E-state index is 5.20. The number of benzene rings is 1. The van der Waals surface area contributed by atoms with Gasteiger partial charge in [-0.3, -0.25) is 0 Å². The van der Waals surface area contributed by atoms with Crippen LogP contribution in [0.15, 0.2) is 36.5 Å². The molecule has 0 spiro atoms. The third kappa shape index (κ3) is 2.85. The van der Waals surface area contributed by atoms with E-state index in [0.29, 0.717) is 0 Å². The SMILES string of the molecule is CN/C=C/C(=S)c1ccc(OC)cc1. The van der Waals surface area contributed by atoms with Crippen molar-refractivity contribution in [1.29, 1.82) is 0 Å². The Labute approximate surface area is 89.6 Å². The summed E-state index contributed by atoms with van der Waals surface area (Å²) < 4.78 is 5.06. The Kier molecular flexibility index (Phi) is 4.13. The van der Waals surface area contributed by atoms with E-state index >= 15 is 0 Å². The Morgan fingerprint density at radius 2 is 2.00 bits per heavy atom. The molecule has 0 aliphatic heterocycles. The highest BCUT2D eigenvalue weighted by molar-refractivity contribution is 7.81. The van der Waals surface area contributed by atoms with Gasteiger partial charge in [0.25, 0.3) is 0 Å². The summed E-state index contributed by atoms with van der Waals surface area (Å²) in [5, 5.41) is 2.90. The second kappa shape index (κ2) is 5.40. The van der Waals surface area contributed by atoms with Gasteiger partial charge in [0.1, 0.15) is 5.75 Å². The smallest absolute Gasteiger partial charge is 0.118 e. The van der Waals surface area contributed by atoms with Gasteiger partial charge in [0.15, 0.2) is 0 Å². The lowest BCUT2D eigenvalue weighted by Crippen LogP contribution is -1.97. The van der Waals surface area contributed by atoms with Crippen LogP contribution in [-0.4, -0.2) is 19.0 Å². The van der Waals surface area contributed by atoms with Crippen molar-refractivity contribution in [2.75, 3.05) is 14.2 Å². The molecule has 1 aromatic carbocycles. The van der Waals surface area contributed by atoms with Crippen molar-refractivity contribution < 1.29 is 4.74 Å². The van der Waals surface area contributed by atoms with Crippen molar-refractivity contribution in [3.05, 3.63) is 42.1 Å². The number of allylic oxidation sites excluding steroid dienone is 1. The van der Waals surface area contributed by atoms with Gasteiger partial charge in [-0.1, -0.05) is 12.2 Å². The fourth-order valence-electron chi connectivity index (χ4n) is 1.01. The molecular weight excluding hydrogens is 194 g/mol. The topological polar surface area (TPSA) is 21.3 Å². The first kappa shape index (κ1) is 10.7. The lowest BCUT2D eigenvalue weighted by atomic mass is 10.1. The van der Waals surface area contributed by atoms with Gasteiger partial charge in [0, 0.05) is 11.9 Å². The highest BCUT2D eigenvalue weighted by Crippen LogP contribution is 2.12. The van der Waals surface area contributed by atoms with E-state index in [1.807, 2.05) is 43.6 Å². The number of hydrogen-bond acceptors (Lipinski definition) is 3. The van der Waals surface area contributed by atoms with Crippen LogP contribution >= 0.6 is 12.2 Å². The fourth-order valence-corrected chi connectivity index (χ4v) is 1.21. The molecule has 74 valence electrons. The van der Waals surface area contributed by atoms with Gasteiger partial charge in [-0.2, -0.15) is 0 Å². The molecule has 0 fully saturated rings. The molecule has 1 aromatic rings. The second-order valence-corrected chi connectivity index (χ2v) is 3.15. The van der Waals surface area contributed by atoms with E-state index in [-0.39, 0.29) is 0 Å². The quantitative estimate of drug-likeness (QED) is 0.464. The number of thiocarbonyl (C=S) groups is 1. The summed E-state index contributed by atoms with van der Waals surface area (Å²) in [6.07, 6.45) is 3.67. The molecule has 14 heavy (non-hydrogen) atoms.